The third-order valence-electron chi connectivity index (χ3n) is 2.82. The molecule has 92 valence electrons. The van der Waals surface area contributed by atoms with Crippen LogP contribution in [-0.4, -0.2) is 47.3 Å². The molecule has 1 aliphatic rings. The van der Waals surface area contributed by atoms with Crippen LogP contribution in [0.2, 0.25) is 0 Å². The summed E-state index contributed by atoms with van der Waals surface area (Å²) in [5.41, 5.74) is 11.7. The van der Waals surface area contributed by atoms with Gasteiger partial charge in [-0.05, 0) is 12.1 Å². The Kier molecular flexibility index (Phi) is 2.90. The summed E-state index contributed by atoms with van der Waals surface area (Å²) in [6, 6.07) is 3.50. The van der Waals surface area contributed by atoms with E-state index in [9.17, 15) is 4.79 Å². The lowest BCUT2D eigenvalue weighted by atomic mass is 10.3. The fourth-order valence-electron chi connectivity index (χ4n) is 1.78. The largest absolute Gasteiger partial charge is 0.465 e. The SMILES string of the molecule is Nc1ccc(N2CCN(C(=O)O)CC2)nc1N. The molecule has 0 spiro atoms. The number of hydrogen-bond acceptors (Lipinski definition) is 5. The number of nitrogens with zero attached hydrogens (tertiary/aromatic N) is 3. The van der Waals surface area contributed by atoms with Gasteiger partial charge in [0.1, 0.15) is 11.6 Å². The van der Waals surface area contributed by atoms with E-state index in [1.807, 2.05) is 4.90 Å². The molecule has 17 heavy (non-hydrogen) atoms. The summed E-state index contributed by atoms with van der Waals surface area (Å²) in [6.45, 7) is 2.17. The molecule has 1 aromatic heterocycles. The Morgan fingerprint density at radius 1 is 1.24 bits per heavy atom. The number of carboxylic acid groups (broad SMARTS) is 1. The van der Waals surface area contributed by atoms with Crippen LogP contribution in [0.3, 0.4) is 0 Å². The normalized spacial score (nSPS) is 16.0. The minimum Gasteiger partial charge on any atom is -0.465 e. The summed E-state index contributed by atoms with van der Waals surface area (Å²) < 4.78 is 0. The average Bonchev–Trinajstić information content (AvgIpc) is 2.33. The number of hydrogen-bond donors (Lipinski definition) is 3. The lowest BCUT2D eigenvalue weighted by molar-refractivity contribution is 0.142. The van der Waals surface area contributed by atoms with Crippen LogP contribution >= 0.6 is 0 Å². The Hall–Kier alpha value is -2.18. The molecule has 0 radical (unpaired) electrons. The summed E-state index contributed by atoms with van der Waals surface area (Å²) in [7, 11) is 0. The van der Waals surface area contributed by atoms with Crippen LogP contribution in [0.5, 0.6) is 0 Å². The van der Waals surface area contributed by atoms with Gasteiger partial charge in [0.15, 0.2) is 0 Å². The second kappa shape index (κ2) is 4.36. The van der Waals surface area contributed by atoms with E-state index < -0.39 is 6.09 Å². The first-order chi connectivity index (χ1) is 8.08. The van der Waals surface area contributed by atoms with E-state index in [2.05, 4.69) is 4.98 Å². The van der Waals surface area contributed by atoms with Crippen molar-refractivity contribution < 1.29 is 9.90 Å². The molecular formula is C10H15N5O2. The number of aromatic nitrogens is 1. The van der Waals surface area contributed by atoms with Crippen LogP contribution in [-0.2, 0) is 0 Å². The molecule has 0 aliphatic carbocycles. The summed E-state index contributed by atoms with van der Waals surface area (Å²) >= 11 is 0. The van der Waals surface area contributed by atoms with Gasteiger partial charge >= 0.3 is 6.09 Å². The van der Waals surface area contributed by atoms with Crippen molar-refractivity contribution in [3.8, 4) is 0 Å². The number of pyridine rings is 1. The van der Waals surface area contributed by atoms with Crippen molar-refractivity contribution in [2.24, 2.45) is 0 Å². The second-order valence-electron chi connectivity index (χ2n) is 3.90. The Morgan fingerprint density at radius 3 is 2.41 bits per heavy atom. The Morgan fingerprint density at radius 2 is 1.88 bits per heavy atom. The first-order valence-electron chi connectivity index (χ1n) is 5.33. The van der Waals surface area contributed by atoms with Crippen molar-refractivity contribution in [3.05, 3.63) is 12.1 Å². The van der Waals surface area contributed by atoms with Crippen molar-refractivity contribution in [1.82, 2.24) is 9.88 Å². The van der Waals surface area contributed by atoms with Crippen LogP contribution < -0.4 is 16.4 Å². The van der Waals surface area contributed by atoms with Crippen LogP contribution in [0.25, 0.3) is 0 Å². The van der Waals surface area contributed by atoms with Crippen molar-refractivity contribution in [2.75, 3.05) is 42.5 Å². The van der Waals surface area contributed by atoms with Crippen molar-refractivity contribution in [1.29, 1.82) is 0 Å². The molecule has 1 fully saturated rings. The van der Waals surface area contributed by atoms with E-state index in [1.165, 1.54) is 4.90 Å². The fraction of sp³-hybridized carbons (Fsp3) is 0.400. The lowest BCUT2D eigenvalue weighted by Crippen LogP contribution is -2.48. The summed E-state index contributed by atoms with van der Waals surface area (Å²) in [5, 5.41) is 8.83. The highest BCUT2D eigenvalue weighted by molar-refractivity contribution is 5.66. The number of piperazine rings is 1. The summed E-state index contributed by atoms with van der Waals surface area (Å²) in [5.74, 6) is 1.05. The zero-order chi connectivity index (χ0) is 12.4. The maximum atomic E-state index is 10.8. The Balaban J connectivity index is 2.05. The van der Waals surface area contributed by atoms with Gasteiger partial charge in [-0.15, -0.1) is 0 Å². The molecule has 1 saturated heterocycles. The number of anilines is 3. The first-order valence-corrected chi connectivity index (χ1v) is 5.33. The van der Waals surface area contributed by atoms with E-state index in [0.29, 0.717) is 37.7 Å². The van der Waals surface area contributed by atoms with E-state index in [-0.39, 0.29) is 0 Å². The average molecular weight is 237 g/mol. The molecule has 7 heteroatoms. The molecule has 0 saturated carbocycles. The van der Waals surface area contributed by atoms with Gasteiger partial charge in [0.2, 0.25) is 0 Å². The van der Waals surface area contributed by atoms with E-state index in [1.54, 1.807) is 12.1 Å². The van der Waals surface area contributed by atoms with E-state index in [0.717, 1.165) is 5.82 Å². The van der Waals surface area contributed by atoms with Gasteiger partial charge in [0.25, 0.3) is 0 Å². The molecular weight excluding hydrogens is 222 g/mol. The molecule has 0 aromatic carbocycles. The molecule has 0 bridgehead atoms. The van der Waals surface area contributed by atoms with Crippen LogP contribution in [0.1, 0.15) is 0 Å². The highest BCUT2D eigenvalue weighted by Crippen LogP contribution is 2.19. The van der Waals surface area contributed by atoms with Crippen LogP contribution in [0, 0.1) is 0 Å². The topological polar surface area (TPSA) is 109 Å². The third-order valence-corrected chi connectivity index (χ3v) is 2.82. The van der Waals surface area contributed by atoms with Gasteiger partial charge in [-0.3, -0.25) is 0 Å². The van der Waals surface area contributed by atoms with Crippen LogP contribution in [0.15, 0.2) is 12.1 Å². The zero-order valence-electron chi connectivity index (χ0n) is 9.33. The molecule has 0 atom stereocenters. The number of carbonyl (C=O) groups is 1. The number of amides is 1. The fourth-order valence-corrected chi connectivity index (χ4v) is 1.78. The van der Waals surface area contributed by atoms with Gasteiger partial charge in [0, 0.05) is 26.2 Å². The highest BCUT2D eigenvalue weighted by atomic mass is 16.4. The highest BCUT2D eigenvalue weighted by Gasteiger charge is 2.21. The Labute approximate surface area is 98.6 Å². The maximum absolute atomic E-state index is 10.8. The number of rotatable bonds is 1. The molecule has 1 aliphatic heterocycles. The molecule has 5 N–H and O–H groups in total. The van der Waals surface area contributed by atoms with Crippen molar-refractivity contribution in [2.45, 2.75) is 0 Å². The molecule has 0 unspecified atom stereocenters. The van der Waals surface area contributed by atoms with Crippen molar-refractivity contribution in [3.63, 3.8) is 0 Å². The summed E-state index contributed by atoms with van der Waals surface area (Å²) in [6.07, 6.45) is -0.880. The number of nitrogens with two attached hydrogens (primary N) is 2. The minimum absolute atomic E-state index is 0.308. The predicted octanol–water partition coefficient (Wildman–Crippen LogP) is 0.0460. The molecule has 2 rings (SSSR count). The lowest BCUT2D eigenvalue weighted by Gasteiger charge is -2.33. The first kappa shape index (κ1) is 11.3. The number of nitrogen functional groups attached to an aromatic ring is 2. The van der Waals surface area contributed by atoms with E-state index >= 15 is 0 Å². The smallest absolute Gasteiger partial charge is 0.407 e. The van der Waals surface area contributed by atoms with Gasteiger partial charge in [-0.2, -0.15) is 0 Å². The molecule has 2 heterocycles. The minimum atomic E-state index is -0.880. The van der Waals surface area contributed by atoms with Gasteiger partial charge in [-0.1, -0.05) is 0 Å². The Bertz CT molecular complexity index is 429. The summed E-state index contributed by atoms with van der Waals surface area (Å²) in [4.78, 5) is 18.3. The standard InChI is InChI=1S/C10H15N5O2/c11-7-1-2-8(13-9(7)12)14-3-5-15(6-4-14)10(16)17/h1-2H,3-6,11H2,(H2,12,13)(H,16,17). The maximum Gasteiger partial charge on any atom is 0.407 e. The van der Waals surface area contributed by atoms with Gasteiger partial charge in [-0.25, -0.2) is 9.78 Å². The molecule has 1 aromatic rings. The van der Waals surface area contributed by atoms with E-state index in [4.69, 9.17) is 16.6 Å². The monoisotopic (exact) mass is 237 g/mol. The van der Waals surface area contributed by atoms with Gasteiger partial charge in [0.05, 0.1) is 5.69 Å². The van der Waals surface area contributed by atoms with Gasteiger partial charge < -0.3 is 26.4 Å². The zero-order valence-corrected chi connectivity index (χ0v) is 9.33. The predicted molar refractivity (Wildman–Crippen MR) is 64.9 cm³/mol. The molecule has 1 amide bonds. The second-order valence-corrected chi connectivity index (χ2v) is 3.90. The van der Waals surface area contributed by atoms with Crippen molar-refractivity contribution >= 4 is 23.4 Å². The quantitative estimate of drug-likeness (QED) is 0.636. The van der Waals surface area contributed by atoms with Crippen LogP contribution in [0.4, 0.5) is 22.1 Å². The third kappa shape index (κ3) is 2.32. The molecule has 7 nitrogen and oxygen atoms in total.